The van der Waals surface area contributed by atoms with Crippen LogP contribution in [0.2, 0.25) is 0 Å². The van der Waals surface area contributed by atoms with Gasteiger partial charge in [-0.3, -0.25) is 4.90 Å². The first kappa shape index (κ1) is 19.4. The molecular formula is C19H27NO5. The predicted molar refractivity (Wildman–Crippen MR) is 92.8 cm³/mol. The van der Waals surface area contributed by atoms with E-state index >= 15 is 0 Å². The zero-order chi connectivity index (χ0) is 18.4. The molecule has 2 rings (SSSR count). The van der Waals surface area contributed by atoms with E-state index in [-0.39, 0.29) is 6.10 Å². The lowest BCUT2D eigenvalue weighted by atomic mass is 10.0. The number of benzene rings is 1. The smallest absolute Gasteiger partial charge is 0.344 e. The van der Waals surface area contributed by atoms with E-state index in [1.807, 2.05) is 35.2 Å². The summed E-state index contributed by atoms with van der Waals surface area (Å²) in [4.78, 5) is 26.4. The average Bonchev–Trinajstić information content (AvgIpc) is 2.54. The Morgan fingerprint density at radius 3 is 2.36 bits per heavy atom. The second kappa shape index (κ2) is 8.45. The molecule has 1 fully saturated rings. The molecule has 1 unspecified atom stereocenters. The standard InChI is InChI=1S/C19H27NO5/c1-19(2,3)25-16(22)13-24-18(23)17(14-7-5-4-6-8-14)20-11-9-15(21)10-12-20/h4-8,15,17,21H,9-13H2,1-3H3. The van der Waals surface area contributed by atoms with Crippen molar-refractivity contribution in [2.45, 2.75) is 51.4 Å². The Hall–Kier alpha value is -1.92. The number of hydrogen-bond donors (Lipinski definition) is 1. The molecule has 1 N–H and O–H groups in total. The van der Waals surface area contributed by atoms with Crippen LogP contribution in [0.4, 0.5) is 0 Å². The number of piperidine rings is 1. The third-order valence-corrected chi connectivity index (χ3v) is 3.96. The first-order chi connectivity index (χ1) is 11.8. The third-order valence-electron chi connectivity index (χ3n) is 3.96. The number of nitrogens with zero attached hydrogens (tertiary/aromatic N) is 1. The Morgan fingerprint density at radius 2 is 1.80 bits per heavy atom. The highest BCUT2D eigenvalue weighted by atomic mass is 16.6. The van der Waals surface area contributed by atoms with Crippen LogP contribution in [0, 0.1) is 0 Å². The van der Waals surface area contributed by atoms with Crippen LogP contribution < -0.4 is 0 Å². The summed E-state index contributed by atoms with van der Waals surface area (Å²) >= 11 is 0. The van der Waals surface area contributed by atoms with Crippen LogP contribution >= 0.6 is 0 Å². The van der Waals surface area contributed by atoms with Crippen LogP contribution in [0.15, 0.2) is 30.3 Å². The van der Waals surface area contributed by atoms with Gasteiger partial charge in [0.2, 0.25) is 0 Å². The molecule has 25 heavy (non-hydrogen) atoms. The normalized spacial score (nSPS) is 17.8. The van der Waals surface area contributed by atoms with Crippen LogP contribution in [0.3, 0.4) is 0 Å². The number of hydrogen-bond acceptors (Lipinski definition) is 6. The summed E-state index contributed by atoms with van der Waals surface area (Å²) in [7, 11) is 0. The number of aliphatic hydroxyl groups excluding tert-OH is 1. The summed E-state index contributed by atoms with van der Waals surface area (Å²) < 4.78 is 10.4. The first-order valence-corrected chi connectivity index (χ1v) is 8.62. The molecule has 0 radical (unpaired) electrons. The van der Waals surface area contributed by atoms with Crippen molar-refractivity contribution >= 4 is 11.9 Å². The SMILES string of the molecule is CC(C)(C)OC(=O)COC(=O)C(c1ccccc1)N1CCC(O)CC1. The number of likely N-dealkylation sites (tertiary alicyclic amines) is 1. The molecule has 1 atom stereocenters. The molecule has 1 aromatic carbocycles. The summed E-state index contributed by atoms with van der Waals surface area (Å²) in [6, 6.07) is 8.75. The molecule has 1 aliphatic rings. The maximum Gasteiger partial charge on any atom is 0.344 e. The highest BCUT2D eigenvalue weighted by Gasteiger charge is 2.32. The van der Waals surface area contributed by atoms with E-state index < -0.39 is 30.2 Å². The van der Waals surface area contributed by atoms with Crippen molar-refractivity contribution in [3.63, 3.8) is 0 Å². The van der Waals surface area contributed by atoms with E-state index in [0.717, 1.165) is 5.56 Å². The molecule has 0 amide bonds. The molecule has 0 saturated carbocycles. The fourth-order valence-electron chi connectivity index (χ4n) is 2.86. The minimum atomic E-state index is -0.620. The van der Waals surface area contributed by atoms with Crippen molar-refractivity contribution < 1.29 is 24.2 Å². The van der Waals surface area contributed by atoms with Crippen molar-refractivity contribution in [1.82, 2.24) is 4.90 Å². The van der Waals surface area contributed by atoms with Gasteiger partial charge in [0.05, 0.1) is 6.10 Å². The van der Waals surface area contributed by atoms with E-state index in [1.54, 1.807) is 20.8 Å². The molecule has 0 bridgehead atoms. The minimum absolute atomic E-state index is 0.328. The van der Waals surface area contributed by atoms with Gasteiger partial charge >= 0.3 is 11.9 Å². The van der Waals surface area contributed by atoms with Crippen molar-refractivity contribution in [1.29, 1.82) is 0 Å². The second-order valence-corrected chi connectivity index (χ2v) is 7.27. The Kier molecular flexibility index (Phi) is 6.56. The van der Waals surface area contributed by atoms with Crippen LogP contribution in [0.25, 0.3) is 0 Å². The number of carbonyl (C=O) groups excluding carboxylic acids is 2. The van der Waals surface area contributed by atoms with E-state index in [2.05, 4.69) is 0 Å². The highest BCUT2D eigenvalue weighted by molar-refractivity contribution is 5.81. The molecule has 138 valence electrons. The molecule has 0 aliphatic carbocycles. The van der Waals surface area contributed by atoms with Gasteiger partial charge in [-0.2, -0.15) is 0 Å². The number of carbonyl (C=O) groups is 2. The van der Waals surface area contributed by atoms with Gasteiger partial charge in [0.25, 0.3) is 0 Å². The van der Waals surface area contributed by atoms with Crippen LogP contribution in [-0.4, -0.2) is 53.3 Å². The molecule has 0 aromatic heterocycles. The number of rotatable bonds is 5. The van der Waals surface area contributed by atoms with Crippen molar-refractivity contribution in [3.8, 4) is 0 Å². The highest BCUT2D eigenvalue weighted by Crippen LogP contribution is 2.26. The van der Waals surface area contributed by atoms with E-state index in [0.29, 0.717) is 25.9 Å². The maximum atomic E-state index is 12.7. The lowest BCUT2D eigenvalue weighted by molar-refractivity contribution is -0.169. The van der Waals surface area contributed by atoms with Crippen molar-refractivity contribution in [3.05, 3.63) is 35.9 Å². The number of aliphatic hydroxyl groups is 1. The molecule has 1 aliphatic heterocycles. The minimum Gasteiger partial charge on any atom is -0.457 e. The molecular weight excluding hydrogens is 322 g/mol. The van der Waals surface area contributed by atoms with E-state index in [1.165, 1.54) is 0 Å². The fraction of sp³-hybridized carbons (Fsp3) is 0.579. The van der Waals surface area contributed by atoms with Crippen LogP contribution in [0.5, 0.6) is 0 Å². The zero-order valence-corrected chi connectivity index (χ0v) is 15.1. The van der Waals surface area contributed by atoms with Gasteiger partial charge < -0.3 is 14.6 Å². The molecule has 6 nitrogen and oxygen atoms in total. The monoisotopic (exact) mass is 349 g/mol. The van der Waals surface area contributed by atoms with Crippen LogP contribution in [0.1, 0.15) is 45.2 Å². The molecule has 6 heteroatoms. The summed E-state index contributed by atoms with van der Waals surface area (Å²) in [5.41, 5.74) is 0.193. The van der Waals surface area contributed by atoms with Gasteiger partial charge in [-0.15, -0.1) is 0 Å². The van der Waals surface area contributed by atoms with Gasteiger partial charge in [-0.05, 0) is 39.2 Å². The maximum absolute atomic E-state index is 12.7. The Balaban J connectivity index is 2.05. The second-order valence-electron chi connectivity index (χ2n) is 7.27. The predicted octanol–water partition coefficient (Wildman–Crippen LogP) is 2.07. The van der Waals surface area contributed by atoms with Crippen molar-refractivity contribution in [2.75, 3.05) is 19.7 Å². The largest absolute Gasteiger partial charge is 0.457 e. The molecule has 1 aromatic rings. The summed E-state index contributed by atoms with van der Waals surface area (Å²) in [5.74, 6) is -1.05. The van der Waals surface area contributed by atoms with Gasteiger partial charge in [0, 0.05) is 13.1 Å². The van der Waals surface area contributed by atoms with E-state index in [4.69, 9.17) is 9.47 Å². The first-order valence-electron chi connectivity index (χ1n) is 8.62. The Bertz CT molecular complexity index is 573. The van der Waals surface area contributed by atoms with Gasteiger partial charge in [-0.1, -0.05) is 30.3 Å². The zero-order valence-electron chi connectivity index (χ0n) is 15.1. The van der Waals surface area contributed by atoms with Gasteiger partial charge in [0.1, 0.15) is 11.6 Å². The third kappa shape index (κ3) is 6.14. The molecule has 1 heterocycles. The lowest BCUT2D eigenvalue weighted by Crippen LogP contribution is -2.42. The molecule has 1 saturated heterocycles. The van der Waals surface area contributed by atoms with E-state index in [9.17, 15) is 14.7 Å². The topological polar surface area (TPSA) is 76.1 Å². The number of ether oxygens (including phenoxy) is 2. The average molecular weight is 349 g/mol. The van der Waals surface area contributed by atoms with Crippen LogP contribution in [-0.2, 0) is 19.1 Å². The summed E-state index contributed by atoms with van der Waals surface area (Å²) in [6.07, 6.45) is 0.899. The quantitative estimate of drug-likeness (QED) is 0.820. The fourth-order valence-corrected chi connectivity index (χ4v) is 2.86. The van der Waals surface area contributed by atoms with Gasteiger partial charge in [0.15, 0.2) is 6.61 Å². The summed E-state index contributed by atoms with van der Waals surface area (Å²) in [5, 5.41) is 9.70. The number of esters is 2. The van der Waals surface area contributed by atoms with Gasteiger partial charge in [-0.25, -0.2) is 9.59 Å². The Morgan fingerprint density at radius 1 is 1.20 bits per heavy atom. The summed E-state index contributed by atoms with van der Waals surface area (Å²) in [6.45, 7) is 6.08. The van der Waals surface area contributed by atoms with Crippen molar-refractivity contribution in [2.24, 2.45) is 0 Å². The lowest BCUT2D eigenvalue weighted by Gasteiger charge is -2.35. The molecule has 0 spiro atoms. The Labute approximate surface area is 148 Å².